The number of aliphatic hydroxyl groups is 1. The second-order valence-electron chi connectivity index (χ2n) is 4.95. The Morgan fingerprint density at radius 2 is 1.96 bits per heavy atom. The van der Waals surface area contributed by atoms with E-state index in [1.807, 2.05) is 0 Å². The van der Waals surface area contributed by atoms with Gasteiger partial charge in [0, 0.05) is 28.8 Å². The molecule has 0 atom stereocenters. The van der Waals surface area contributed by atoms with Crippen LogP contribution in [0, 0.1) is 10.1 Å². The van der Waals surface area contributed by atoms with Crippen LogP contribution in [0.5, 0.6) is 0 Å². The minimum absolute atomic E-state index is 0.0104. The Labute approximate surface area is 140 Å². The molecule has 0 aliphatic carbocycles. The number of hydrogen-bond acceptors (Lipinski definition) is 5. The van der Waals surface area contributed by atoms with E-state index in [0.29, 0.717) is 16.1 Å². The van der Waals surface area contributed by atoms with Crippen LogP contribution in [0.25, 0.3) is 22.9 Å². The quantitative estimate of drug-likeness (QED) is 0.429. The fourth-order valence-electron chi connectivity index (χ4n) is 2.13. The van der Waals surface area contributed by atoms with Crippen LogP contribution in [0.3, 0.4) is 0 Å². The van der Waals surface area contributed by atoms with Gasteiger partial charge in [-0.15, -0.1) is 0 Å². The monoisotopic (exact) mass is 343 g/mol. The number of benzene rings is 2. The van der Waals surface area contributed by atoms with Gasteiger partial charge in [-0.25, -0.2) is 4.98 Å². The maximum atomic E-state index is 12.1. The number of fused-ring (bicyclic) bond motifs is 1. The summed E-state index contributed by atoms with van der Waals surface area (Å²) in [6.45, 7) is 0. The van der Waals surface area contributed by atoms with Gasteiger partial charge in [0.15, 0.2) is 0 Å². The number of aromatic nitrogens is 2. The van der Waals surface area contributed by atoms with Crippen LogP contribution in [-0.4, -0.2) is 20.0 Å². The van der Waals surface area contributed by atoms with Crippen molar-refractivity contribution in [1.29, 1.82) is 0 Å². The first kappa shape index (κ1) is 15.7. The van der Waals surface area contributed by atoms with Crippen molar-refractivity contribution in [1.82, 2.24) is 9.97 Å². The largest absolute Gasteiger partial charge is 0.507 e. The fourth-order valence-corrected chi connectivity index (χ4v) is 2.26. The maximum Gasteiger partial charge on any atom is 0.274 e. The van der Waals surface area contributed by atoms with E-state index >= 15 is 0 Å². The minimum Gasteiger partial charge on any atom is -0.507 e. The Morgan fingerprint density at radius 1 is 1.25 bits per heavy atom. The fraction of sp³-hybridized carbons (Fsp3) is 0. The molecule has 0 fully saturated rings. The van der Waals surface area contributed by atoms with Gasteiger partial charge in [0.25, 0.3) is 11.2 Å². The minimum atomic E-state index is -0.566. The van der Waals surface area contributed by atoms with Crippen LogP contribution in [0.15, 0.2) is 47.3 Å². The topological polar surface area (TPSA) is 109 Å². The first-order chi connectivity index (χ1) is 11.4. The molecule has 3 aromatic rings. The first-order valence-corrected chi connectivity index (χ1v) is 7.17. The Kier molecular flexibility index (Phi) is 4.01. The Hall–Kier alpha value is -3.19. The molecule has 0 aliphatic heterocycles. The normalized spacial score (nSPS) is 11.6. The predicted molar refractivity (Wildman–Crippen MR) is 91.0 cm³/mol. The van der Waals surface area contributed by atoms with E-state index in [2.05, 4.69) is 9.97 Å². The summed E-state index contributed by atoms with van der Waals surface area (Å²) in [4.78, 5) is 28.9. The average molecular weight is 344 g/mol. The molecular weight excluding hydrogens is 334 g/mol. The average Bonchev–Trinajstić information content (AvgIpc) is 2.55. The van der Waals surface area contributed by atoms with Gasteiger partial charge < -0.3 is 10.1 Å². The van der Waals surface area contributed by atoms with Crippen LogP contribution in [-0.2, 0) is 0 Å². The molecule has 0 bridgehead atoms. The Bertz CT molecular complexity index is 1030. The van der Waals surface area contributed by atoms with Crippen molar-refractivity contribution in [3.8, 4) is 0 Å². The van der Waals surface area contributed by atoms with Crippen LogP contribution in [0.4, 0.5) is 5.69 Å². The maximum absolute atomic E-state index is 12.1. The number of nitro groups is 1. The number of H-pyrrole nitrogens is 1. The van der Waals surface area contributed by atoms with Gasteiger partial charge in [0.05, 0.1) is 16.0 Å². The lowest BCUT2D eigenvalue weighted by Gasteiger charge is -2.02. The van der Waals surface area contributed by atoms with Gasteiger partial charge in [-0.1, -0.05) is 11.6 Å². The molecule has 0 radical (unpaired) electrons. The number of hydrogen-bond donors (Lipinski definition) is 2. The van der Waals surface area contributed by atoms with Crippen molar-refractivity contribution >= 4 is 40.2 Å². The SMILES string of the molecule is O=c1[nH]c2cc([N+](=O)[O-])ccc2nc1/C=C(\O)c1ccc(Cl)cc1. The lowest BCUT2D eigenvalue weighted by Crippen LogP contribution is -2.12. The summed E-state index contributed by atoms with van der Waals surface area (Å²) in [6, 6.07) is 10.4. The molecule has 0 aliphatic rings. The summed E-state index contributed by atoms with van der Waals surface area (Å²) in [5, 5.41) is 21.4. The van der Waals surface area contributed by atoms with Crippen molar-refractivity contribution in [2.24, 2.45) is 0 Å². The molecule has 8 heteroatoms. The second kappa shape index (κ2) is 6.13. The van der Waals surface area contributed by atoms with Crippen LogP contribution in [0.2, 0.25) is 5.02 Å². The highest BCUT2D eigenvalue weighted by Crippen LogP contribution is 2.19. The predicted octanol–water partition coefficient (Wildman–Crippen LogP) is 3.54. The summed E-state index contributed by atoms with van der Waals surface area (Å²) in [7, 11) is 0. The summed E-state index contributed by atoms with van der Waals surface area (Å²) < 4.78 is 0. The highest BCUT2D eigenvalue weighted by molar-refractivity contribution is 6.30. The zero-order valence-electron chi connectivity index (χ0n) is 12.1. The van der Waals surface area contributed by atoms with Gasteiger partial charge in [0.2, 0.25) is 0 Å². The number of rotatable bonds is 3. The number of aliphatic hydroxyl groups excluding tert-OH is 1. The van der Waals surface area contributed by atoms with Crippen molar-refractivity contribution in [3.05, 3.63) is 79.2 Å². The lowest BCUT2D eigenvalue weighted by atomic mass is 10.1. The van der Waals surface area contributed by atoms with E-state index in [-0.39, 0.29) is 22.7 Å². The van der Waals surface area contributed by atoms with E-state index < -0.39 is 10.5 Å². The number of nitrogens with one attached hydrogen (secondary N) is 1. The Balaban J connectivity index is 2.06. The number of nitrogens with zero attached hydrogens (tertiary/aromatic N) is 2. The molecule has 0 saturated heterocycles. The van der Waals surface area contributed by atoms with Crippen molar-refractivity contribution in [3.63, 3.8) is 0 Å². The van der Waals surface area contributed by atoms with E-state index in [0.717, 1.165) is 0 Å². The van der Waals surface area contributed by atoms with Gasteiger partial charge in [-0.05, 0) is 30.3 Å². The molecule has 1 aromatic heterocycles. The zero-order chi connectivity index (χ0) is 17.3. The third-order valence-corrected chi connectivity index (χ3v) is 3.58. The molecule has 2 aromatic carbocycles. The molecule has 0 saturated carbocycles. The van der Waals surface area contributed by atoms with Crippen molar-refractivity contribution < 1.29 is 10.0 Å². The van der Waals surface area contributed by atoms with E-state index in [4.69, 9.17) is 11.6 Å². The molecular formula is C16H10ClN3O4. The molecule has 24 heavy (non-hydrogen) atoms. The van der Waals surface area contributed by atoms with E-state index in [1.54, 1.807) is 24.3 Å². The Morgan fingerprint density at radius 3 is 2.62 bits per heavy atom. The third kappa shape index (κ3) is 3.11. The van der Waals surface area contributed by atoms with E-state index in [1.165, 1.54) is 24.3 Å². The summed E-state index contributed by atoms with van der Waals surface area (Å²) in [5.41, 5.74) is 0.372. The molecule has 0 unspecified atom stereocenters. The lowest BCUT2D eigenvalue weighted by molar-refractivity contribution is -0.384. The third-order valence-electron chi connectivity index (χ3n) is 3.33. The number of non-ortho nitro benzene ring substituents is 1. The van der Waals surface area contributed by atoms with Gasteiger partial charge in [-0.3, -0.25) is 14.9 Å². The standard InChI is InChI=1S/C16H10ClN3O4/c17-10-3-1-9(2-4-10)15(21)8-14-16(22)19-13-7-11(20(23)24)5-6-12(13)18-14/h1-8,21H,(H,19,22)/b15-8-. The van der Waals surface area contributed by atoms with Crippen LogP contribution in [0.1, 0.15) is 11.3 Å². The molecule has 7 nitrogen and oxygen atoms in total. The van der Waals surface area contributed by atoms with Gasteiger partial charge in [0.1, 0.15) is 11.5 Å². The molecule has 120 valence electrons. The van der Waals surface area contributed by atoms with Gasteiger partial charge >= 0.3 is 0 Å². The van der Waals surface area contributed by atoms with Crippen LogP contribution >= 0.6 is 11.6 Å². The first-order valence-electron chi connectivity index (χ1n) is 6.79. The van der Waals surface area contributed by atoms with Gasteiger partial charge in [-0.2, -0.15) is 0 Å². The number of nitro benzene ring substituents is 1. The molecule has 0 spiro atoms. The highest BCUT2D eigenvalue weighted by atomic mass is 35.5. The van der Waals surface area contributed by atoms with E-state index in [9.17, 15) is 20.0 Å². The number of aromatic amines is 1. The summed E-state index contributed by atoms with van der Waals surface area (Å²) in [6.07, 6.45) is 1.23. The van der Waals surface area contributed by atoms with Crippen molar-refractivity contribution in [2.45, 2.75) is 0 Å². The molecule has 2 N–H and O–H groups in total. The van der Waals surface area contributed by atoms with Crippen molar-refractivity contribution in [2.75, 3.05) is 0 Å². The zero-order valence-corrected chi connectivity index (χ0v) is 12.8. The molecule has 0 amide bonds. The van der Waals surface area contributed by atoms with Crippen LogP contribution < -0.4 is 5.56 Å². The molecule has 1 heterocycles. The smallest absolute Gasteiger partial charge is 0.274 e. The second-order valence-corrected chi connectivity index (χ2v) is 5.38. The highest BCUT2D eigenvalue weighted by Gasteiger charge is 2.10. The molecule has 3 rings (SSSR count). The summed E-state index contributed by atoms with van der Waals surface area (Å²) in [5.74, 6) is -0.147. The number of halogens is 1. The summed E-state index contributed by atoms with van der Waals surface area (Å²) >= 11 is 5.79.